The van der Waals surface area contributed by atoms with Gasteiger partial charge in [0, 0.05) is 71.0 Å². The second-order valence-electron chi connectivity index (χ2n) is 26.5. The number of nitrogens with two attached hydrogens (primary N) is 3. The molecule has 0 fully saturated rings. The van der Waals surface area contributed by atoms with E-state index in [0.717, 1.165) is 11.1 Å². The lowest BCUT2D eigenvalue weighted by atomic mass is 9.99. The highest BCUT2D eigenvalue weighted by Gasteiger charge is 2.19. The molecular weight excluding hydrogens is 1730 g/mol. The summed E-state index contributed by atoms with van der Waals surface area (Å²) in [6.45, 7) is 7.12. The van der Waals surface area contributed by atoms with Crippen LogP contribution in [0, 0.1) is 75.4 Å². The van der Waals surface area contributed by atoms with Crippen molar-refractivity contribution in [2.45, 2.75) is 77.7 Å². The van der Waals surface area contributed by atoms with Crippen LogP contribution in [0.15, 0.2) is 201 Å². The molecule has 44 heteroatoms. The van der Waals surface area contributed by atoms with Gasteiger partial charge in [0.1, 0.15) is 26.2 Å². The highest BCUT2D eigenvalue weighted by atomic mass is 35.5. The molecule has 0 unspecified atom stereocenters. The second kappa shape index (κ2) is 46.3. The summed E-state index contributed by atoms with van der Waals surface area (Å²) < 4.78 is 35.3. The molecule has 2 amide bonds. The average Bonchev–Trinajstić information content (AvgIpc) is 1.20. The molecule has 8 heterocycles. The molecule has 13 aromatic rings. The van der Waals surface area contributed by atoms with Crippen molar-refractivity contribution in [3.05, 3.63) is 244 Å². The Morgan fingerprint density at radius 2 is 0.683 bits per heavy atom. The fourth-order valence-electron chi connectivity index (χ4n) is 10.3. The Balaban J connectivity index is 0.000000196. The van der Waals surface area contributed by atoms with Crippen molar-refractivity contribution in [1.29, 1.82) is 26.3 Å². The van der Waals surface area contributed by atoms with Crippen LogP contribution in [0.25, 0.3) is 45.0 Å². The number of halogens is 4. The minimum atomic E-state index is -4.02. The lowest BCUT2D eigenvalue weighted by Gasteiger charge is -2.08. The molecule has 640 valence electrons. The molecule has 0 aliphatic heterocycles. The number of nitriles is 5. The first-order chi connectivity index (χ1) is 60.1. The summed E-state index contributed by atoms with van der Waals surface area (Å²) in [5.74, 6) is -2.69. The van der Waals surface area contributed by atoms with Gasteiger partial charge in [-0.3, -0.25) is 42.5 Å². The van der Waals surface area contributed by atoms with Crippen molar-refractivity contribution in [3.63, 3.8) is 0 Å². The maximum Gasteiger partial charge on any atom is 0.335 e. The Morgan fingerprint density at radius 3 is 0.921 bits per heavy atom. The Morgan fingerprint density at radius 1 is 0.421 bits per heavy atom. The number of hydrogen-bond acceptors (Lipinski definition) is 30. The van der Waals surface area contributed by atoms with Crippen molar-refractivity contribution in [2.24, 2.45) is 29.0 Å². The molecule has 13 rings (SSSR count). The zero-order chi connectivity index (χ0) is 91.7. The van der Waals surface area contributed by atoms with E-state index in [1.54, 1.807) is 149 Å². The number of Topliss-reactive ketones (excluding diaryl/α,β-unsaturated/α-hetero) is 2. The molecule has 0 saturated carbocycles. The monoisotopic (exact) mass is 1800 g/mol. The van der Waals surface area contributed by atoms with Gasteiger partial charge in [-0.05, 0) is 64.1 Å². The van der Waals surface area contributed by atoms with Crippen LogP contribution in [-0.2, 0) is 45.9 Å². The van der Waals surface area contributed by atoms with Gasteiger partial charge in [-0.15, -0.1) is 0 Å². The van der Waals surface area contributed by atoms with Crippen LogP contribution in [0.3, 0.4) is 0 Å². The number of ketones is 2. The molecule has 3 atom stereocenters. The van der Waals surface area contributed by atoms with Crippen molar-refractivity contribution in [3.8, 4) is 75.4 Å². The van der Waals surface area contributed by atoms with Crippen LogP contribution < -0.4 is 38.5 Å². The van der Waals surface area contributed by atoms with E-state index in [0.29, 0.717) is 105 Å². The van der Waals surface area contributed by atoms with Gasteiger partial charge in [-0.2, -0.15) is 55.1 Å². The number of carboxylic acid groups (broad SMARTS) is 2. The number of anilines is 8. The minimum Gasteiger partial charge on any atom is -0.478 e. The van der Waals surface area contributed by atoms with Gasteiger partial charge in [-0.25, -0.2) is 49.5 Å². The zero-order valence-corrected chi connectivity index (χ0v) is 70.4. The smallest absolute Gasteiger partial charge is 0.335 e. The van der Waals surface area contributed by atoms with Crippen LogP contribution >= 0.6 is 46.4 Å². The predicted octanol–water partition coefficient (Wildman–Crippen LogP) is 12.9. The van der Waals surface area contributed by atoms with Crippen molar-refractivity contribution >= 4 is 138 Å². The molecule has 13 N–H and O–H groups in total. The number of nitrogens with zero attached hydrogens (tertiary/aromatic N) is 21. The van der Waals surface area contributed by atoms with Crippen molar-refractivity contribution in [1.82, 2.24) is 79.0 Å². The summed E-state index contributed by atoms with van der Waals surface area (Å²) in [4.78, 5) is 102. The Labute approximate surface area is 738 Å². The SMILES string of the molecule is C[C@@H](C#N)CC(=O)c1ccc(-c2nc(Nc3cnn(CC#N)c3)ncc2Cl)cc1.C[C@@H](C#N)CC(=O)c1ccc(-c2nc(Nc3cnn(CC(N)=O)c3)ncc2Cl)cc1.C[C@H](N)C#N.Cc1ccc(S(=O)(=O)O)cc1.N#CCn1cc(Nc2ncc(Cl)c(-c3ccc(C(=O)O)cc3)n2)cn1.NC(=O)Cn1cc(Nc2ncc(Cl)c(-c3ccc(C(=O)O)cc3)n2)cn1. The number of rotatable bonds is 27. The first-order valence-electron chi connectivity index (χ1n) is 36.6. The Bertz CT molecular complexity index is 6380. The summed E-state index contributed by atoms with van der Waals surface area (Å²) in [6.07, 6.45) is 18.8. The molecule has 8 aromatic heterocycles. The molecule has 0 spiro atoms. The molecule has 0 bridgehead atoms. The third kappa shape index (κ3) is 29.8. The van der Waals surface area contributed by atoms with E-state index in [-0.39, 0.29) is 96.4 Å². The van der Waals surface area contributed by atoms with E-state index in [1.165, 1.54) is 92.3 Å². The first kappa shape index (κ1) is 95.6. The summed E-state index contributed by atoms with van der Waals surface area (Å²) in [5, 5.41) is 90.2. The number of carbonyl (C=O) groups excluding carboxylic acids is 4. The van der Waals surface area contributed by atoms with Gasteiger partial charge >= 0.3 is 11.9 Å². The number of carboxylic acids is 2. The van der Waals surface area contributed by atoms with E-state index in [2.05, 4.69) is 93.7 Å². The van der Waals surface area contributed by atoms with Crippen molar-refractivity contribution < 1.29 is 52.0 Å². The van der Waals surface area contributed by atoms with E-state index in [9.17, 15) is 37.2 Å². The largest absolute Gasteiger partial charge is 0.478 e. The van der Waals surface area contributed by atoms with Crippen LogP contribution in [-0.4, -0.2) is 144 Å². The Hall–Kier alpha value is -15.8. The second-order valence-corrected chi connectivity index (χ2v) is 29.5. The van der Waals surface area contributed by atoms with Gasteiger partial charge in [0.15, 0.2) is 11.6 Å². The standard InChI is InChI=1S/C20H18ClN7O2.C20H16ClN7O.C16H13ClN6O3.C16H11ClN6O2.C7H8O3S.C3H6N2/c1-12(7-22)6-17(29)13-2-4-14(5-3-13)19-16(21)9-24-20(27-19)26-15-8-25-28(10-15)11-18(23)30;1-13(9-23)8-18(29)14-2-4-15(5-3-14)19-17(21)11-24-20(27-19)26-16-10-25-28(12-16)7-6-22;17-12-6-19-16(21-11-5-20-23(7-11)8-13(18)24)22-14(12)9-1-3-10(4-2-9)15(25)26;17-13-8-19-16(21-12-7-20-23(9-12)6-5-18)22-14(13)10-1-3-11(4-2-10)15(24)25;1-6-2-4-7(5-3-6)11(8,9)10;1-3(5)2-4/h2-5,8-10,12H,6,11H2,1H3,(H2,23,30)(H,24,26,27);2-5,10-13H,7-8H2,1H3,(H,24,26,27);1-7H,8H2,(H2,18,24)(H,25,26)(H,19,21,22);1-4,7-9H,6H2,(H,24,25)(H,19,21,22);2-5H,1H3,(H,8,9,10);3H,5H2,1H3/t12-;13-;;;;3-/m11...0/s1. The molecule has 0 radical (unpaired) electrons. The fourth-order valence-corrected chi connectivity index (χ4v) is 11.6. The lowest BCUT2D eigenvalue weighted by molar-refractivity contribution is -0.119. The van der Waals surface area contributed by atoms with E-state index < -0.39 is 33.9 Å². The summed E-state index contributed by atoms with van der Waals surface area (Å²) >= 11 is 24.8. The number of aromatic carboxylic acids is 2. The maximum atomic E-state index is 12.2. The number of aryl methyl sites for hydroxylation is 1. The minimum absolute atomic E-state index is 0.0351. The van der Waals surface area contributed by atoms with Gasteiger partial charge in [0.25, 0.3) is 10.1 Å². The van der Waals surface area contributed by atoms with Gasteiger partial charge in [0.05, 0.1) is 179 Å². The zero-order valence-electron chi connectivity index (χ0n) is 66.6. The fraction of sp³-hybridized carbons (Fsp3) is 0.159. The first-order valence-corrected chi connectivity index (χ1v) is 39.6. The van der Waals surface area contributed by atoms with Gasteiger partial charge in [-0.1, -0.05) is 137 Å². The van der Waals surface area contributed by atoms with Gasteiger partial charge in [0.2, 0.25) is 35.6 Å². The third-order valence-electron chi connectivity index (χ3n) is 16.4. The molecule has 5 aromatic carbocycles. The predicted molar refractivity (Wildman–Crippen MR) is 463 cm³/mol. The molecule has 0 saturated heterocycles. The van der Waals surface area contributed by atoms with E-state index >= 15 is 0 Å². The number of hydrogen-bond donors (Lipinski definition) is 10. The number of nitrogens with one attached hydrogen (secondary N) is 4. The number of primary amides is 2. The van der Waals surface area contributed by atoms with Crippen molar-refractivity contribution in [2.75, 3.05) is 21.3 Å². The number of benzene rings is 5. The van der Waals surface area contributed by atoms with E-state index in [4.69, 9.17) is 105 Å². The van der Waals surface area contributed by atoms with Crippen LogP contribution in [0.1, 0.15) is 80.6 Å². The molecule has 0 aliphatic rings. The Kier molecular flexibility index (Phi) is 35.1. The normalized spacial score (nSPS) is 11.1. The number of carbonyl (C=O) groups is 6. The summed E-state index contributed by atoms with van der Waals surface area (Å²) in [7, 11) is -4.02. The third-order valence-corrected chi connectivity index (χ3v) is 18.3. The van der Waals surface area contributed by atoms with Crippen LogP contribution in [0.5, 0.6) is 0 Å². The molecular formula is C82H72Cl4N28O11S. The topological polar surface area (TPSA) is 617 Å². The van der Waals surface area contributed by atoms with Gasteiger partial charge < -0.3 is 48.7 Å². The molecule has 126 heavy (non-hydrogen) atoms. The van der Waals surface area contributed by atoms with Crippen LogP contribution in [0.2, 0.25) is 20.1 Å². The maximum absolute atomic E-state index is 12.2. The van der Waals surface area contributed by atoms with Crippen LogP contribution in [0.4, 0.5) is 46.5 Å². The molecule has 0 aliphatic carbocycles. The highest BCUT2D eigenvalue weighted by molar-refractivity contribution is 7.85. The molecule has 39 nitrogen and oxygen atoms in total. The summed E-state index contributed by atoms with van der Waals surface area (Å²) in [6, 6.07) is 41.8. The summed E-state index contributed by atoms with van der Waals surface area (Å²) in [5.41, 5.74) is 24.6. The van der Waals surface area contributed by atoms with E-state index in [1.807, 2.05) is 19.1 Å². The highest BCUT2D eigenvalue weighted by Crippen LogP contribution is 2.33. The average molecular weight is 1800 g/mol. The lowest BCUT2D eigenvalue weighted by Crippen LogP contribution is -2.18. The number of amides is 2. The number of aromatic nitrogens is 16. The quantitative estimate of drug-likeness (QED) is 0.0169.